The maximum atomic E-state index is 11.6. The van der Waals surface area contributed by atoms with Gasteiger partial charge in [0.1, 0.15) is 5.92 Å². The van der Waals surface area contributed by atoms with Crippen LogP contribution in [0.25, 0.3) is 0 Å². The summed E-state index contributed by atoms with van der Waals surface area (Å²) in [5, 5.41) is 15.6. The summed E-state index contributed by atoms with van der Waals surface area (Å²) in [6, 6.07) is 2.03. The summed E-state index contributed by atoms with van der Waals surface area (Å²) >= 11 is 0. The minimum Gasteiger partial charge on any atom is -0.355 e. The molecule has 1 atom stereocenters. The molecule has 0 aliphatic carbocycles. The molecule has 5 heteroatoms. The molecule has 1 rings (SSSR count). The van der Waals surface area contributed by atoms with Crippen LogP contribution in [-0.2, 0) is 18.3 Å². The molecule has 1 aromatic heterocycles. The van der Waals surface area contributed by atoms with Crippen molar-refractivity contribution in [2.24, 2.45) is 13.0 Å². The molecule has 17 heavy (non-hydrogen) atoms. The molecule has 0 aliphatic rings. The predicted molar refractivity (Wildman–Crippen MR) is 63.9 cm³/mol. The highest BCUT2D eigenvalue weighted by molar-refractivity contribution is 5.80. The summed E-state index contributed by atoms with van der Waals surface area (Å²) in [6.07, 6.45) is 5.90. The number of hydrogen-bond donors (Lipinski definition) is 1. The van der Waals surface area contributed by atoms with E-state index in [-0.39, 0.29) is 5.91 Å². The number of carbonyl (C=O) groups excluding carboxylic acids is 1. The smallest absolute Gasteiger partial charge is 0.237 e. The third-order valence-corrected chi connectivity index (χ3v) is 2.52. The van der Waals surface area contributed by atoms with Crippen LogP contribution in [0.5, 0.6) is 0 Å². The molecule has 0 aliphatic heterocycles. The minimum absolute atomic E-state index is 0.168. The monoisotopic (exact) mass is 234 g/mol. The number of nitrogens with one attached hydrogen (secondary N) is 1. The summed E-state index contributed by atoms with van der Waals surface area (Å²) in [5.41, 5.74) is 1.08. The first-order valence-corrected chi connectivity index (χ1v) is 5.82. The quantitative estimate of drug-likeness (QED) is 0.798. The number of nitrogens with zero attached hydrogens (tertiary/aromatic N) is 3. The fourth-order valence-electron chi connectivity index (χ4n) is 1.60. The van der Waals surface area contributed by atoms with Gasteiger partial charge in [0, 0.05) is 19.8 Å². The molecule has 92 valence electrons. The van der Waals surface area contributed by atoms with Crippen molar-refractivity contribution in [3.63, 3.8) is 0 Å². The van der Waals surface area contributed by atoms with E-state index >= 15 is 0 Å². The third kappa shape index (κ3) is 4.27. The van der Waals surface area contributed by atoms with Gasteiger partial charge in [-0.3, -0.25) is 9.48 Å². The van der Waals surface area contributed by atoms with Gasteiger partial charge in [-0.15, -0.1) is 0 Å². The maximum Gasteiger partial charge on any atom is 0.237 e. The maximum absolute atomic E-state index is 11.6. The highest BCUT2D eigenvalue weighted by Crippen LogP contribution is 2.04. The van der Waals surface area contributed by atoms with Crippen LogP contribution in [0.4, 0.5) is 0 Å². The summed E-state index contributed by atoms with van der Waals surface area (Å²) in [6.45, 7) is 2.51. The van der Waals surface area contributed by atoms with E-state index in [1.54, 1.807) is 10.9 Å². The zero-order valence-corrected chi connectivity index (χ0v) is 10.3. The van der Waals surface area contributed by atoms with Crippen LogP contribution in [0.2, 0.25) is 0 Å². The standard InChI is InChI=1S/C12H18N4O/c1-3-4-11(7-13)12(17)14-6-5-10-8-15-16(2)9-10/h8-9,11H,3-6H2,1-2H3,(H,14,17). The lowest BCUT2D eigenvalue weighted by atomic mass is 10.0. The number of amides is 1. The number of rotatable bonds is 6. The highest BCUT2D eigenvalue weighted by atomic mass is 16.1. The van der Waals surface area contributed by atoms with Crippen molar-refractivity contribution in [2.45, 2.75) is 26.2 Å². The molecule has 1 amide bonds. The van der Waals surface area contributed by atoms with Crippen molar-refractivity contribution in [3.05, 3.63) is 18.0 Å². The molecule has 0 radical (unpaired) electrons. The van der Waals surface area contributed by atoms with Crippen molar-refractivity contribution in [3.8, 4) is 6.07 Å². The SMILES string of the molecule is CCCC(C#N)C(=O)NCCc1cnn(C)c1. The van der Waals surface area contributed by atoms with Crippen molar-refractivity contribution >= 4 is 5.91 Å². The zero-order valence-electron chi connectivity index (χ0n) is 10.3. The first-order chi connectivity index (χ1) is 8.17. The first-order valence-electron chi connectivity index (χ1n) is 5.82. The Labute approximate surface area is 101 Å². The number of hydrogen-bond acceptors (Lipinski definition) is 3. The molecule has 0 aromatic carbocycles. The van der Waals surface area contributed by atoms with Crippen LogP contribution < -0.4 is 5.32 Å². The van der Waals surface area contributed by atoms with E-state index in [9.17, 15) is 4.79 Å². The Morgan fingerprint density at radius 1 is 1.71 bits per heavy atom. The van der Waals surface area contributed by atoms with Crippen LogP contribution in [-0.4, -0.2) is 22.2 Å². The predicted octanol–water partition coefficient (Wildman–Crippen LogP) is 1.02. The average Bonchev–Trinajstić information content (AvgIpc) is 2.71. The van der Waals surface area contributed by atoms with Crippen molar-refractivity contribution < 1.29 is 4.79 Å². The second-order valence-corrected chi connectivity index (χ2v) is 4.03. The van der Waals surface area contributed by atoms with E-state index in [2.05, 4.69) is 10.4 Å². The van der Waals surface area contributed by atoms with Crippen LogP contribution in [0, 0.1) is 17.2 Å². The molecule has 1 unspecified atom stereocenters. The van der Waals surface area contributed by atoms with Crippen LogP contribution in [0.1, 0.15) is 25.3 Å². The van der Waals surface area contributed by atoms with Gasteiger partial charge in [0.05, 0.1) is 12.3 Å². The van der Waals surface area contributed by atoms with E-state index in [0.29, 0.717) is 13.0 Å². The molecule has 0 bridgehead atoms. The van der Waals surface area contributed by atoms with E-state index in [1.807, 2.05) is 26.2 Å². The van der Waals surface area contributed by atoms with Crippen molar-refractivity contribution in [1.29, 1.82) is 5.26 Å². The van der Waals surface area contributed by atoms with E-state index in [4.69, 9.17) is 5.26 Å². The Bertz CT molecular complexity index is 405. The van der Waals surface area contributed by atoms with Crippen LogP contribution in [0.3, 0.4) is 0 Å². The fraction of sp³-hybridized carbons (Fsp3) is 0.583. The number of aryl methyl sites for hydroxylation is 1. The molecular weight excluding hydrogens is 216 g/mol. The molecule has 0 saturated carbocycles. The normalized spacial score (nSPS) is 11.8. The molecule has 1 N–H and O–H groups in total. The highest BCUT2D eigenvalue weighted by Gasteiger charge is 2.15. The largest absolute Gasteiger partial charge is 0.355 e. The van der Waals surface area contributed by atoms with Gasteiger partial charge in [0.15, 0.2) is 0 Å². The van der Waals surface area contributed by atoms with Gasteiger partial charge in [0.2, 0.25) is 5.91 Å². The minimum atomic E-state index is -0.520. The zero-order chi connectivity index (χ0) is 12.7. The van der Waals surface area contributed by atoms with Crippen molar-refractivity contribution in [1.82, 2.24) is 15.1 Å². The Morgan fingerprint density at radius 3 is 3.00 bits per heavy atom. The van der Waals surface area contributed by atoms with Gasteiger partial charge in [-0.25, -0.2) is 0 Å². The van der Waals surface area contributed by atoms with Crippen LogP contribution >= 0.6 is 0 Å². The van der Waals surface area contributed by atoms with E-state index in [1.165, 1.54) is 0 Å². The second kappa shape index (κ2) is 6.69. The van der Waals surface area contributed by atoms with Gasteiger partial charge < -0.3 is 5.32 Å². The van der Waals surface area contributed by atoms with Gasteiger partial charge in [0.25, 0.3) is 0 Å². The fourth-order valence-corrected chi connectivity index (χ4v) is 1.60. The van der Waals surface area contributed by atoms with Crippen molar-refractivity contribution in [2.75, 3.05) is 6.54 Å². The van der Waals surface area contributed by atoms with Gasteiger partial charge >= 0.3 is 0 Å². The molecular formula is C12H18N4O. The second-order valence-electron chi connectivity index (χ2n) is 4.03. The lowest BCUT2D eigenvalue weighted by Gasteiger charge is -2.08. The van der Waals surface area contributed by atoms with Gasteiger partial charge in [-0.1, -0.05) is 13.3 Å². The summed E-state index contributed by atoms with van der Waals surface area (Å²) in [5.74, 6) is -0.688. The number of aromatic nitrogens is 2. The Hall–Kier alpha value is -1.83. The molecule has 1 aromatic rings. The van der Waals surface area contributed by atoms with Gasteiger partial charge in [-0.2, -0.15) is 10.4 Å². The third-order valence-electron chi connectivity index (χ3n) is 2.52. The summed E-state index contributed by atoms with van der Waals surface area (Å²) < 4.78 is 1.73. The Morgan fingerprint density at radius 2 is 2.47 bits per heavy atom. The summed E-state index contributed by atoms with van der Waals surface area (Å²) in [7, 11) is 1.86. The average molecular weight is 234 g/mol. The Kier molecular flexibility index (Phi) is 5.21. The molecule has 0 spiro atoms. The first kappa shape index (κ1) is 13.2. The topological polar surface area (TPSA) is 70.7 Å². The Balaban J connectivity index is 2.31. The molecule has 5 nitrogen and oxygen atoms in total. The lowest BCUT2D eigenvalue weighted by Crippen LogP contribution is -2.31. The molecule has 0 fully saturated rings. The van der Waals surface area contributed by atoms with E-state index in [0.717, 1.165) is 18.4 Å². The number of nitriles is 1. The van der Waals surface area contributed by atoms with Crippen LogP contribution in [0.15, 0.2) is 12.4 Å². The molecule has 0 saturated heterocycles. The molecule has 1 heterocycles. The lowest BCUT2D eigenvalue weighted by molar-refractivity contribution is -0.123. The summed E-state index contributed by atoms with van der Waals surface area (Å²) in [4.78, 5) is 11.6. The van der Waals surface area contributed by atoms with Gasteiger partial charge in [-0.05, 0) is 18.4 Å². The van der Waals surface area contributed by atoms with E-state index < -0.39 is 5.92 Å². The number of carbonyl (C=O) groups is 1.